The van der Waals surface area contributed by atoms with Crippen molar-refractivity contribution in [3.8, 4) is 0 Å². The molecular formula is C22H12F7N3OS. The molecule has 1 amide bonds. The van der Waals surface area contributed by atoms with Crippen LogP contribution in [0.3, 0.4) is 0 Å². The maximum Gasteiger partial charge on any atom is 0.416 e. The third-order valence-electron chi connectivity index (χ3n) is 4.71. The van der Waals surface area contributed by atoms with Gasteiger partial charge in [0.1, 0.15) is 5.82 Å². The second-order valence-corrected chi connectivity index (χ2v) is 8.16. The molecule has 176 valence electrons. The third kappa shape index (κ3) is 5.01. The molecule has 12 heteroatoms. The number of hydrogen-bond acceptors (Lipinski definition) is 4. The highest BCUT2D eigenvalue weighted by molar-refractivity contribution is 7.22. The van der Waals surface area contributed by atoms with Crippen molar-refractivity contribution in [2.24, 2.45) is 0 Å². The lowest BCUT2D eigenvalue weighted by atomic mass is 10.0. The Hall–Kier alpha value is -3.54. The van der Waals surface area contributed by atoms with Gasteiger partial charge in [0.2, 0.25) is 0 Å². The zero-order valence-corrected chi connectivity index (χ0v) is 17.6. The average molecular weight is 499 g/mol. The summed E-state index contributed by atoms with van der Waals surface area (Å²) >= 11 is 0.870. The van der Waals surface area contributed by atoms with Crippen LogP contribution in [-0.4, -0.2) is 15.9 Å². The fraction of sp³-hybridized carbons (Fsp3) is 0.136. The molecule has 0 saturated heterocycles. The minimum absolute atomic E-state index is 0.0274. The van der Waals surface area contributed by atoms with Gasteiger partial charge in [-0.05, 0) is 48.0 Å². The number of hydrogen-bond donors (Lipinski definition) is 0. The van der Waals surface area contributed by atoms with Gasteiger partial charge in [0.25, 0.3) is 5.91 Å². The van der Waals surface area contributed by atoms with Gasteiger partial charge in [0, 0.05) is 18.0 Å². The summed E-state index contributed by atoms with van der Waals surface area (Å²) in [7, 11) is 0. The van der Waals surface area contributed by atoms with E-state index in [2.05, 4.69) is 9.97 Å². The van der Waals surface area contributed by atoms with Crippen molar-refractivity contribution in [3.05, 3.63) is 89.0 Å². The van der Waals surface area contributed by atoms with E-state index in [-0.39, 0.29) is 17.7 Å². The molecule has 0 unspecified atom stereocenters. The largest absolute Gasteiger partial charge is 0.416 e. The Morgan fingerprint density at radius 1 is 0.941 bits per heavy atom. The molecule has 0 atom stereocenters. The highest BCUT2D eigenvalue weighted by atomic mass is 32.1. The number of benzene rings is 2. The van der Waals surface area contributed by atoms with E-state index in [1.54, 1.807) is 12.1 Å². The van der Waals surface area contributed by atoms with Crippen molar-refractivity contribution in [1.82, 2.24) is 9.97 Å². The number of pyridine rings is 1. The second kappa shape index (κ2) is 8.67. The van der Waals surface area contributed by atoms with E-state index in [1.807, 2.05) is 0 Å². The third-order valence-corrected chi connectivity index (χ3v) is 5.75. The quantitative estimate of drug-likeness (QED) is 0.293. The minimum atomic E-state index is -5.11. The summed E-state index contributed by atoms with van der Waals surface area (Å²) in [4.78, 5) is 22.4. The number of aromatic nitrogens is 2. The monoisotopic (exact) mass is 499 g/mol. The standard InChI is InChI=1S/C22H12F7N3OS/c23-16-3-4-17-18(9-16)34-20(31-17)32(11-12-2-1-5-30-10-12)19(33)13-6-14(21(24,25)26)8-15(7-13)22(27,28)29/h1-10H,11H2. The van der Waals surface area contributed by atoms with E-state index in [0.29, 0.717) is 27.9 Å². The summed E-state index contributed by atoms with van der Waals surface area (Å²) in [6, 6.07) is 7.45. The molecule has 0 radical (unpaired) electrons. The fourth-order valence-corrected chi connectivity index (χ4v) is 4.12. The minimum Gasteiger partial charge on any atom is -0.279 e. The van der Waals surface area contributed by atoms with Gasteiger partial charge in [0.05, 0.1) is 27.9 Å². The van der Waals surface area contributed by atoms with Crippen LogP contribution < -0.4 is 4.90 Å². The van der Waals surface area contributed by atoms with Crippen LogP contribution in [0, 0.1) is 5.82 Å². The molecule has 34 heavy (non-hydrogen) atoms. The van der Waals surface area contributed by atoms with E-state index in [4.69, 9.17) is 0 Å². The highest BCUT2D eigenvalue weighted by Crippen LogP contribution is 2.37. The van der Waals surface area contributed by atoms with Crippen LogP contribution in [0.15, 0.2) is 60.9 Å². The molecule has 4 rings (SSSR count). The van der Waals surface area contributed by atoms with Crippen LogP contribution in [0.4, 0.5) is 35.9 Å². The smallest absolute Gasteiger partial charge is 0.279 e. The van der Waals surface area contributed by atoms with E-state index >= 15 is 0 Å². The van der Waals surface area contributed by atoms with Gasteiger partial charge in [-0.25, -0.2) is 9.37 Å². The van der Waals surface area contributed by atoms with Gasteiger partial charge in [-0.15, -0.1) is 0 Å². The van der Waals surface area contributed by atoms with Crippen molar-refractivity contribution >= 4 is 32.6 Å². The fourth-order valence-electron chi connectivity index (χ4n) is 3.14. The molecule has 0 aliphatic rings. The normalized spacial score (nSPS) is 12.2. The highest BCUT2D eigenvalue weighted by Gasteiger charge is 2.38. The van der Waals surface area contributed by atoms with Crippen LogP contribution in [0.2, 0.25) is 0 Å². The van der Waals surface area contributed by atoms with E-state index < -0.39 is 40.8 Å². The van der Waals surface area contributed by atoms with Crippen LogP contribution in [-0.2, 0) is 18.9 Å². The van der Waals surface area contributed by atoms with Gasteiger partial charge >= 0.3 is 12.4 Å². The van der Waals surface area contributed by atoms with Gasteiger partial charge in [-0.3, -0.25) is 14.7 Å². The van der Waals surface area contributed by atoms with Crippen LogP contribution >= 0.6 is 11.3 Å². The summed E-state index contributed by atoms with van der Waals surface area (Å²) in [6.07, 6.45) is -7.38. The molecule has 0 aliphatic carbocycles. The average Bonchev–Trinajstić information content (AvgIpc) is 3.19. The Morgan fingerprint density at radius 3 is 2.21 bits per heavy atom. The SMILES string of the molecule is O=C(c1cc(C(F)(F)F)cc(C(F)(F)F)c1)N(Cc1cccnc1)c1nc2ccc(F)cc2s1. The van der Waals surface area contributed by atoms with Gasteiger partial charge in [0.15, 0.2) is 5.13 Å². The number of fused-ring (bicyclic) bond motifs is 1. The summed E-state index contributed by atoms with van der Waals surface area (Å²) in [6.45, 7) is -0.243. The first-order chi connectivity index (χ1) is 15.9. The number of carbonyl (C=O) groups is 1. The summed E-state index contributed by atoms with van der Waals surface area (Å²) in [5, 5.41) is -0.0274. The van der Waals surface area contributed by atoms with E-state index in [9.17, 15) is 35.5 Å². The molecule has 2 aromatic carbocycles. The molecule has 2 aromatic heterocycles. The van der Waals surface area contributed by atoms with Gasteiger partial charge in [-0.2, -0.15) is 26.3 Å². The van der Waals surface area contributed by atoms with Gasteiger partial charge in [-0.1, -0.05) is 17.4 Å². The Morgan fingerprint density at radius 2 is 1.62 bits per heavy atom. The lowest BCUT2D eigenvalue weighted by Gasteiger charge is -2.21. The summed E-state index contributed by atoms with van der Waals surface area (Å²) < 4.78 is 93.8. The first kappa shape index (κ1) is 23.6. The number of rotatable bonds is 4. The Balaban J connectivity index is 1.85. The van der Waals surface area contributed by atoms with Gasteiger partial charge < -0.3 is 0 Å². The molecule has 4 aromatic rings. The lowest BCUT2D eigenvalue weighted by Crippen LogP contribution is -2.31. The summed E-state index contributed by atoms with van der Waals surface area (Å²) in [5.74, 6) is -1.71. The molecule has 0 aliphatic heterocycles. The van der Waals surface area contributed by atoms with Crippen molar-refractivity contribution in [2.75, 3.05) is 4.90 Å². The van der Waals surface area contributed by atoms with Crippen LogP contribution in [0.1, 0.15) is 27.0 Å². The number of alkyl halides is 6. The van der Waals surface area contributed by atoms with Crippen molar-refractivity contribution in [1.29, 1.82) is 0 Å². The Bertz CT molecular complexity index is 1320. The van der Waals surface area contributed by atoms with E-state index in [1.165, 1.54) is 18.5 Å². The van der Waals surface area contributed by atoms with Crippen molar-refractivity contribution in [2.45, 2.75) is 18.9 Å². The summed E-state index contributed by atoms with van der Waals surface area (Å²) in [5.41, 5.74) is -3.29. The maximum atomic E-state index is 13.6. The predicted octanol–water partition coefficient (Wildman–Crippen LogP) is 6.72. The van der Waals surface area contributed by atoms with Crippen LogP contribution in [0.5, 0.6) is 0 Å². The first-order valence-electron chi connectivity index (χ1n) is 9.48. The molecule has 4 nitrogen and oxygen atoms in total. The molecule has 2 heterocycles. The first-order valence-corrected chi connectivity index (χ1v) is 10.3. The second-order valence-electron chi connectivity index (χ2n) is 7.16. The van der Waals surface area contributed by atoms with Crippen molar-refractivity contribution in [3.63, 3.8) is 0 Å². The number of halogens is 7. The number of amides is 1. The number of anilines is 1. The molecule has 0 saturated carbocycles. The van der Waals surface area contributed by atoms with Crippen molar-refractivity contribution < 1.29 is 35.5 Å². The number of nitrogens with zero attached hydrogens (tertiary/aromatic N) is 3. The molecular weight excluding hydrogens is 487 g/mol. The number of thiazole rings is 1. The molecule has 0 spiro atoms. The zero-order valence-electron chi connectivity index (χ0n) is 16.8. The lowest BCUT2D eigenvalue weighted by molar-refractivity contribution is -0.143. The molecule has 0 fully saturated rings. The van der Waals surface area contributed by atoms with Crippen LogP contribution in [0.25, 0.3) is 10.2 Å². The maximum absolute atomic E-state index is 13.6. The topological polar surface area (TPSA) is 46.1 Å². The molecule has 0 bridgehead atoms. The zero-order chi connectivity index (χ0) is 24.7. The predicted molar refractivity (Wildman–Crippen MR) is 111 cm³/mol. The molecule has 0 N–H and O–H groups in total. The van der Waals surface area contributed by atoms with E-state index in [0.717, 1.165) is 28.4 Å². The number of carbonyl (C=O) groups excluding carboxylic acids is 1. The Labute approximate surface area is 191 Å². The Kier molecular flexibility index (Phi) is 6.02.